The second-order valence-corrected chi connectivity index (χ2v) is 2.16. The van der Waals surface area contributed by atoms with Crippen LogP contribution in [0.5, 0.6) is 0 Å². The van der Waals surface area contributed by atoms with Crippen LogP contribution in [-0.4, -0.2) is 18.1 Å². The number of rotatable bonds is 2. The molecule has 0 atom stereocenters. The molecule has 0 saturated heterocycles. The number of ether oxygens (including phenoxy) is 1. The van der Waals surface area contributed by atoms with E-state index in [4.69, 9.17) is 23.2 Å². The van der Waals surface area contributed by atoms with Crippen LogP contribution in [0.3, 0.4) is 0 Å². The molecule has 0 aromatic rings. The van der Waals surface area contributed by atoms with Gasteiger partial charge in [0.15, 0.2) is 4.84 Å². The summed E-state index contributed by atoms with van der Waals surface area (Å²) in [6, 6.07) is 0. The zero-order valence-electron chi connectivity index (χ0n) is 6.00. The van der Waals surface area contributed by atoms with Crippen molar-refractivity contribution in [1.82, 2.24) is 0 Å². The minimum absolute atomic E-state index is 0. The topological polar surface area (TPSA) is 9.23 Å². The van der Waals surface area contributed by atoms with Gasteiger partial charge in [0.1, 0.15) is 0 Å². The Hall–Kier alpha value is 1.40. The zero-order chi connectivity index (χ0) is 6.78. The van der Waals surface area contributed by atoms with Gasteiger partial charge in [0.2, 0.25) is 0 Å². The van der Waals surface area contributed by atoms with Gasteiger partial charge in [-0.2, -0.15) is 8.78 Å². The van der Waals surface area contributed by atoms with Gasteiger partial charge in [0, 0.05) is 7.11 Å². The summed E-state index contributed by atoms with van der Waals surface area (Å²) in [6.07, 6.45) is -3.43. The third-order valence-electron chi connectivity index (χ3n) is 0.526. The smallest absolute Gasteiger partial charge is 1.00 e. The van der Waals surface area contributed by atoms with E-state index in [1.807, 2.05) is 0 Å². The van der Waals surface area contributed by atoms with E-state index in [0.717, 1.165) is 7.11 Å². The molecule has 0 N–H and O–H groups in total. The second-order valence-electron chi connectivity index (χ2n) is 1.07. The van der Waals surface area contributed by atoms with Gasteiger partial charge in [-0.3, -0.25) is 0 Å². The predicted octanol–water partition coefficient (Wildman–Crippen LogP) is -0.854. The Bertz CT molecular complexity index is 84.9. The third kappa shape index (κ3) is 4.76. The molecule has 0 spiro atoms. The van der Waals surface area contributed by atoms with Crippen molar-refractivity contribution in [1.29, 1.82) is 0 Å². The molecule has 0 aliphatic heterocycles. The van der Waals surface area contributed by atoms with Crippen LogP contribution in [-0.2, 0) is 4.74 Å². The normalized spacial score (nSPS) is 11.3. The van der Waals surface area contributed by atoms with Crippen LogP contribution in [0.4, 0.5) is 8.78 Å². The fraction of sp³-hybridized carbons (Fsp3) is 1.00. The Balaban J connectivity index is -0.000000245. The van der Waals surface area contributed by atoms with Crippen LogP contribution in [0, 0.1) is 0 Å². The van der Waals surface area contributed by atoms with E-state index in [1.54, 1.807) is 0 Å². The standard InChI is InChI=1S/C3H4Cl2F2O.Na.H/c1-8-3(6,7)2(4)5;;/h2H,1H3;;/q;+1;-1. The van der Waals surface area contributed by atoms with Gasteiger partial charge >= 0.3 is 35.7 Å². The first-order valence-corrected chi connectivity index (χ1v) is 2.59. The summed E-state index contributed by atoms with van der Waals surface area (Å²) in [5.41, 5.74) is 0. The monoisotopic (exact) mass is 188 g/mol. The first-order chi connectivity index (χ1) is 3.50. The fourth-order valence-corrected chi connectivity index (χ4v) is 0.267. The van der Waals surface area contributed by atoms with Crippen molar-refractivity contribution in [2.24, 2.45) is 0 Å². The first-order valence-electron chi connectivity index (χ1n) is 1.72. The zero-order valence-corrected chi connectivity index (χ0v) is 8.51. The minimum Gasteiger partial charge on any atom is -1.00 e. The third-order valence-corrected chi connectivity index (χ3v) is 1.03. The Labute approximate surface area is 85.4 Å². The van der Waals surface area contributed by atoms with Crippen LogP contribution in [0.2, 0.25) is 0 Å². The molecule has 0 saturated carbocycles. The molecular formula is C3H5Cl2F2NaO. The summed E-state index contributed by atoms with van der Waals surface area (Å²) >= 11 is 9.52. The largest absolute Gasteiger partial charge is 1.00 e. The fourth-order valence-electron chi connectivity index (χ4n) is 0.0891. The summed E-state index contributed by atoms with van der Waals surface area (Å²) in [6.45, 7) is 0. The maximum atomic E-state index is 11.8. The number of halogens is 4. The van der Waals surface area contributed by atoms with Crippen molar-refractivity contribution in [3.8, 4) is 0 Å². The molecule has 0 aliphatic rings. The average Bonchev–Trinajstić information content (AvgIpc) is 1.67. The van der Waals surface area contributed by atoms with Crippen LogP contribution in [0.25, 0.3) is 0 Å². The van der Waals surface area contributed by atoms with Crippen molar-refractivity contribution < 1.29 is 44.5 Å². The number of alkyl halides is 4. The Morgan fingerprint density at radius 2 is 1.89 bits per heavy atom. The molecule has 6 heteroatoms. The van der Waals surface area contributed by atoms with E-state index >= 15 is 0 Å². The Morgan fingerprint density at radius 1 is 1.56 bits per heavy atom. The van der Waals surface area contributed by atoms with E-state index in [9.17, 15) is 8.78 Å². The second kappa shape index (κ2) is 5.10. The summed E-state index contributed by atoms with van der Waals surface area (Å²) in [4.78, 5) is -1.80. The maximum absolute atomic E-state index is 11.8. The predicted molar refractivity (Wildman–Crippen MR) is 28.6 cm³/mol. The quantitative estimate of drug-likeness (QED) is 0.406. The van der Waals surface area contributed by atoms with Gasteiger partial charge in [0.05, 0.1) is 0 Å². The SMILES string of the molecule is COC(F)(F)C(Cl)Cl.[H-].[Na+]. The van der Waals surface area contributed by atoms with Gasteiger partial charge in [-0.05, 0) is 0 Å². The molecule has 0 unspecified atom stereocenters. The molecule has 0 aliphatic carbocycles. The van der Waals surface area contributed by atoms with Crippen molar-refractivity contribution in [3.05, 3.63) is 0 Å². The molecule has 0 fully saturated rings. The minimum atomic E-state index is -3.43. The Morgan fingerprint density at radius 3 is 1.89 bits per heavy atom. The molecule has 0 rings (SSSR count). The van der Waals surface area contributed by atoms with Crippen LogP contribution >= 0.6 is 23.2 Å². The van der Waals surface area contributed by atoms with E-state index in [-0.39, 0.29) is 31.0 Å². The van der Waals surface area contributed by atoms with Gasteiger partial charge in [-0.1, -0.05) is 23.2 Å². The van der Waals surface area contributed by atoms with Crippen molar-refractivity contribution >= 4 is 23.2 Å². The van der Waals surface area contributed by atoms with Gasteiger partial charge in [-0.25, -0.2) is 0 Å². The van der Waals surface area contributed by atoms with Crippen molar-refractivity contribution in [2.75, 3.05) is 7.11 Å². The average molecular weight is 189 g/mol. The Kier molecular flexibility index (Phi) is 7.39. The molecule has 0 amide bonds. The summed E-state index contributed by atoms with van der Waals surface area (Å²) in [5, 5.41) is 0. The van der Waals surface area contributed by atoms with Gasteiger partial charge < -0.3 is 6.16 Å². The molecule has 0 bridgehead atoms. The molecular weight excluding hydrogens is 184 g/mol. The molecule has 0 aromatic carbocycles. The van der Waals surface area contributed by atoms with E-state index in [0.29, 0.717) is 0 Å². The molecule has 0 radical (unpaired) electrons. The van der Waals surface area contributed by atoms with Gasteiger partial charge in [-0.15, -0.1) is 0 Å². The van der Waals surface area contributed by atoms with E-state index in [1.165, 1.54) is 0 Å². The summed E-state index contributed by atoms with van der Waals surface area (Å²) < 4.78 is 27.2. The maximum Gasteiger partial charge on any atom is 1.00 e. The van der Waals surface area contributed by atoms with Crippen molar-refractivity contribution in [3.63, 3.8) is 0 Å². The molecule has 1 nitrogen and oxygen atoms in total. The molecule has 9 heavy (non-hydrogen) atoms. The van der Waals surface area contributed by atoms with E-state index < -0.39 is 10.9 Å². The first kappa shape index (κ1) is 13.0. The summed E-state index contributed by atoms with van der Waals surface area (Å²) in [7, 11) is 0.831. The molecule has 52 valence electrons. The van der Waals surface area contributed by atoms with Crippen LogP contribution < -0.4 is 29.6 Å². The van der Waals surface area contributed by atoms with Crippen LogP contribution in [0.15, 0.2) is 0 Å². The summed E-state index contributed by atoms with van der Waals surface area (Å²) in [5.74, 6) is 0. The van der Waals surface area contributed by atoms with Gasteiger partial charge in [0.25, 0.3) is 0 Å². The molecule has 0 heterocycles. The van der Waals surface area contributed by atoms with Crippen LogP contribution in [0.1, 0.15) is 1.43 Å². The van der Waals surface area contributed by atoms with E-state index in [2.05, 4.69) is 4.74 Å². The van der Waals surface area contributed by atoms with Crippen molar-refractivity contribution in [2.45, 2.75) is 10.9 Å². The molecule has 0 aromatic heterocycles. The number of hydrogen-bond donors (Lipinski definition) is 0. The number of hydrogen-bond acceptors (Lipinski definition) is 1. The number of methoxy groups -OCH3 is 1.